The van der Waals surface area contributed by atoms with E-state index in [0.29, 0.717) is 0 Å². The fourth-order valence-corrected chi connectivity index (χ4v) is 0.134. The van der Waals surface area contributed by atoms with Crippen LogP contribution in [0.25, 0.3) is 0 Å². The quantitative estimate of drug-likeness (QED) is 0.426. The molecule has 0 atom stereocenters. The Hall–Kier alpha value is -0.720. The fraction of sp³-hybridized carbons (Fsp3) is 0.556. The van der Waals surface area contributed by atoms with Gasteiger partial charge in [-0.25, -0.2) is 0 Å². The van der Waals surface area contributed by atoms with E-state index in [9.17, 15) is 0 Å². The highest BCUT2D eigenvalue weighted by Gasteiger charge is 1.51. The van der Waals surface area contributed by atoms with Crippen LogP contribution >= 0.6 is 0 Å². The summed E-state index contributed by atoms with van der Waals surface area (Å²) >= 11 is 0. The van der Waals surface area contributed by atoms with E-state index in [2.05, 4.69) is 11.3 Å². The lowest BCUT2D eigenvalue weighted by Gasteiger charge is -1.77. The van der Waals surface area contributed by atoms with Gasteiger partial charge in [0.05, 0.1) is 13.4 Å². The molecule has 0 spiro atoms. The number of ether oxygens (including phenoxy) is 1. The third-order valence-corrected chi connectivity index (χ3v) is 0.351. The predicted octanol–water partition coefficient (Wildman–Crippen LogP) is 3.38. The lowest BCUT2D eigenvalue weighted by Crippen LogP contribution is -1.58. The average molecular weight is 144 g/mol. The van der Waals surface area contributed by atoms with Crippen molar-refractivity contribution in [2.45, 2.75) is 27.7 Å². The second-order valence-electron chi connectivity index (χ2n) is 0.800. The molecule has 1 heteroatoms. The van der Waals surface area contributed by atoms with Gasteiger partial charge in [0.1, 0.15) is 0 Å². The highest BCUT2D eigenvalue weighted by Crippen LogP contribution is 1.69. The lowest BCUT2D eigenvalue weighted by molar-refractivity contribution is 0.338. The summed E-state index contributed by atoms with van der Waals surface area (Å²) in [5, 5.41) is 0. The molecule has 0 aliphatic rings. The Kier molecular flexibility index (Phi) is 65.8. The number of methoxy groups -OCH3 is 1. The molecule has 1 nitrogen and oxygen atoms in total. The smallest absolute Gasteiger partial charge is 0.0824 e. The summed E-state index contributed by atoms with van der Waals surface area (Å²) < 4.78 is 4.53. The summed E-state index contributed by atoms with van der Waals surface area (Å²) in [6, 6.07) is 0. The zero-order valence-electron chi connectivity index (χ0n) is 7.85. The second-order valence-corrected chi connectivity index (χ2v) is 0.800. The van der Waals surface area contributed by atoms with E-state index in [4.69, 9.17) is 0 Å². The molecule has 0 fully saturated rings. The molecular formula is C9H20O. The molecule has 62 valence electrons. The molecule has 0 amide bonds. The minimum absolute atomic E-state index is 1.56. The largest absolute Gasteiger partial charge is 0.504 e. The zero-order valence-corrected chi connectivity index (χ0v) is 7.85. The number of allylic oxidation sites excluding steroid dienone is 2. The first kappa shape index (κ1) is 16.1. The molecule has 10 heavy (non-hydrogen) atoms. The Balaban J connectivity index is -0.000000105. The normalized spacial score (nSPS) is 6.50. The maximum absolute atomic E-state index is 4.53. The van der Waals surface area contributed by atoms with Crippen LogP contribution < -0.4 is 0 Å². The van der Waals surface area contributed by atoms with Crippen LogP contribution in [0.5, 0.6) is 0 Å². The SMILES string of the molecule is C=C/C=C\OC.CC.CC. The first-order valence-electron chi connectivity index (χ1n) is 3.72. The summed E-state index contributed by atoms with van der Waals surface area (Å²) in [7, 11) is 1.60. The Morgan fingerprint density at radius 1 is 1.10 bits per heavy atom. The molecule has 0 aromatic heterocycles. The summed E-state index contributed by atoms with van der Waals surface area (Å²) in [6.45, 7) is 11.4. The third kappa shape index (κ3) is 55.2. The van der Waals surface area contributed by atoms with Crippen molar-refractivity contribution >= 4 is 0 Å². The van der Waals surface area contributed by atoms with E-state index in [0.717, 1.165) is 0 Å². The molecule has 0 saturated heterocycles. The Morgan fingerprint density at radius 3 is 1.60 bits per heavy atom. The van der Waals surface area contributed by atoms with Gasteiger partial charge in [0.15, 0.2) is 0 Å². The number of hydrogen-bond acceptors (Lipinski definition) is 1. The van der Waals surface area contributed by atoms with Crippen LogP contribution in [0, 0.1) is 0 Å². The predicted molar refractivity (Wildman–Crippen MR) is 49.0 cm³/mol. The van der Waals surface area contributed by atoms with Crippen molar-refractivity contribution in [3.05, 3.63) is 25.0 Å². The van der Waals surface area contributed by atoms with E-state index in [1.807, 2.05) is 27.7 Å². The standard InChI is InChI=1S/C5H8O.2C2H6/c1-3-4-5-6-2;2*1-2/h3-5H,1H2,2H3;2*1-2H3/b5-4-;;. The lowest BCUT2D eigenvalue weighted by atomic mass is 10.6. The van der Waals surface area contributed by atoms with E-state index in [-0.39, 0.29) is 0 Å². The molecule has 0 N–H and O–H groups in total. The van der Waals surface area contributed by atoms with Crippen LogP contribution in [0.15, 0.2) is 25.0 Å². The van der Waals surface area contributed by atoms with Gasteiger partial charge in [0.2, 0.25) is 0 Å². The molecule has 0 radical (unpaired) electrons. The van der Waals surface area contributed by atoms with Crippen LogP contribution in [0.4, 0.5) is 0 Å². The summed E-state index contributed by atoms with van der Waals surface area (Å²) in [5.41, 5.74) is 0. The monoisotopic (exact) mass is 144 g/mol. The molecule has 0 aromatic carbocycles. The molecule has 0 heterocycles. The van der Waals surface area contributed by atoms with Crippen molar-refractivity contribution in [1.29, 1.82) is 0 Å². The van der Waals surface area contributed by atoms with Gasteiger partial charge in [-0.3, -0.25) is 0 Å². The van der Waals surface area contributed by atoms with Gasteiger partial charge in [0.25, 0.3) is 0 Å². The van der Waals surface area contributed by atoms with Crippen LogP contribution in [0.1, 0.15) is 27.7 Å². The van der Waals surface area contributed by atoms with Gasteiger partial charge in [-0.05, 0) is 6.08 Å². The molecule has 0 aromatic rings. The topological polar surface area (TPSA) is 9.23 Å². The number of hydrogen-bond donors (Lipinski definition) is 0. The van der Waals surface area contributed by atoms with Crippen molar-refractivity contribution in [1.82, 2.24) is 0 Å². The highest BCUT2D eigenvalue weighted by molar-refractivity contribution is 4.92. The third-order valence-electron chi connectivity index (χ3n) is 0.351. The Morgan fingerprint density at radius 2 is 1.50 bits per heavy atom. The fourth-order valence-electron chi connectivity index (χ4n) is 0.134. The van der Waals surface area contributed by atoms with E-state index in [1.54, 1.807) is 25.5 Å². The highest BCUT2D eigenvalue weighted by atomic mass is 16.5. The number of rotatable bonds is 2. The van der Waals surface area contributed by atoms with Crippen molar-refractivity contribution in [2.75, 3.05) is 7.11 Å². The molecule has 0 unspecified atom stereocenters. The Labute approximate surface area is 65.4 Å². The van der Waals surface area contributed by atoms with Crippen molar-refractivity contribution in [2.24, 2.45) is 0 Å². The van der Waals surface area contributed by atoms with Gasteiger partial charge in [-0.2, -0.15) is 0 Å². The molecule has 0 saturated carbocycles. The van der Waals surface area contributed by atoms with Gasteiger partial charge >= 0.3 is 0 Å². The van der Waals surface area contributed by atoms with Gasteiger partial charge in [-0.15, -0.1) is 0 Å². The summed E-state index contributed by atoms with van der Waals surface area (Å²) in [4.78, 5) is 0. The van der Waals surface area contributed by atoms with E-state index in [1.165, 1.54) is 0 Å². The summed E-state index contributed by atoms with van der Waals surface area (Å²) in [5.74, 6) is 0. The van der Waals surface area contributed by atoms with Crippen LogP contribution in [0.3, 0.4) is 0 Å². The maximum Gasteiger partial charge on any atom is 0.0824 e. The van der Waals surface area contributed by atoms with Crippen LogP contribution in [0.2, 0.25) is 0 Å². The van der Waals surface area contributed by atoms with Gasteiger partial charge < -0.3 is 4.74 Å². The van der Waals surface area contributed by atoms with Crippen LogP contribution in [-0.4, -0.2) is 7.11 Å². The molecule has 0 bridgehead atoms. The van der Waals surface area contributed by atoms with Crippen molar-refractivity contribution in [3.63, 3.8) is 0 Å². The molecule has 0 rings (SSSR count). The first-order chi connectivity index (χ1) is 4.91. The second kappa shape index (κ2) is 40.8. The minimum Gasteiger partial charge on any atom is -0.504 e. The summed E-state index contributed by atoms with van der Waals surface area (Å²) in [6.07, 6.45) is 4.94. The average Bonchev–Trinajstić information content (AvgIpc) is 2.08. The van der Waals surface area contributed by atoms with Crippen molar-refractivity contribution in [3.8, 4) is 0 Å². The first-order valence-corrected chi connectivity index (χ1v) is 3.72. The minimum atomic E-state index is 1.56. The Bertz CT molecular complexity index is 55.7. The maximum atomic E-state index is 4.53. The van der Waals surface area contributed by atoms with Crippen molar-refractivity contribution < 1.29 is 4.74 Å². The molecular weight excluding hydrogens is 124 g/mol. The van der Waals surface area contributed by atoms with E-state index < -0.39 is 0 Å². The van der Waals surface area contributed by atoms with E-state index >= 15 is 0 Å². The molecule has 0 aliphatic carbocycles. The van der Waals surface area contributed by atoms with Crippen LogP contribution in [-0.2, 0) is 4.74 Å². The van der Waals surface area contributed by atoms with Gasteiger partial charge in [0, 0.05) is 0 Å². The zero-order chi connectivity index (χ0) is 8.83. The molecule has 0 aliphatic heterocycles. The van der Waals surface area contributed by atoms with Gasteiger partial charge in [-0.1, -0.05) is 40.3 Å².